The van der Waals surface area contributed by atoms with Crippen molar-refractivity contribution >= 4 is 11.8 Å². The summed E-state index contributed by atoms with van der Waals surface area (Å²) in [6.07, 6.45) is 3.93. The number of ether oxygens (including phenoxy) is 1. The molecular weight excluding hydrogens is 194 g/mol. The largest absolute Gasteiger partial charge is 0.381 e. The summed E-state index contributed by atoms with van der Waals surface area (Å²) in [5, 5.41) is 3.63. The van der Waals surface area contributed by atoms with Crippen molar-refractivity contribution in [2.24, 2.45) is 11.8 Å². The normalized spacial score (nSPS) is 29.6. The molecule has 1 N–H and O–H groups in total. The maximum absolute atomic E-state index is 5.35. The van der Waals surface area contributed by atoms with E-state index in [1.807, 2.05) is 0 Å². The molecule has 0 spiro atoms. The van der Waals surface area contributed by atoms with Crippen LogP contribution in [0.4, 0.5) is 0 Å². The van der Waals surface area contributed by atoms with Gasteiger partial charge in [-0.05, 0) is 55.7 Å². The van der Waals surface area contributed by atoms with E-state index in [1.165, 1.54) is 43.9 Å². The fourth-order valence-corrected chi connectivity index (χ4v) is 3.47. The van der Waals surface area contributed by atoms with Gasteiger partial charge in [-0.3, -0.25) is 0 Å². The van der Waals surface area contributed by atoms with Crippen molar-refractivity contribution in [1.29, 1.82) is 0 Å². The summed E-state index contributed by atoms with van der Waals surface area (Å²) in [4.78, 5) is 0. The van der Waals surface area contributed by atoms with Crippen LogP contribution in [0.2, 0.25) is 0 Å². The molecular formula is C11H21NOS. The van der Waals surface area contributed by atoms with Crippen LogP contribution in [0.15, 0.2) is 0 Å². The van der Waals surface area contributed by atoms with E-state index >= 15 is 0 Å². The Morgan fingerprint density at radius 1 is 1.07 bits per heavy atom. The lowest BCUT2D eigenvalue weighted by molar-refractivity contribution is 0.0661. The van der Waals surface area contributed by atoms with E-state index in [0.29, 0.717) is 0 Å². The summed E-state index contributed by atoms with van der Waals surface area (Å²) < 4.78 is 5.35. The van der Waals surface area contributed by atoms with Crippen molar-refractivity contribution in [3.8, 4) is 0 Å². The number of rotatable bonds is 4. The molecule has 14 heavy (non-hydrogen) atoms. The Morgan fingerprint density at radius 2 is 1.86 bits per heavy atom. The molecule has 0 saturated carbocycles. The molecule has 2 saturated heterocycles. The monoisotopic (exact) mass is 215 g/mol. The number of nitrogens with one attached hydrogen (secondary N) is 1. The van der Waals surface area contributed by atoms with Crippen molar-refractivity contribution in [2.75, 3.05) is 37.8 Å². The first-order chi connectivity index (χ1) is 6.95. The maximum atomic E-state index is 5.35. The molecule has 2 aliphatic rings. The average molecular weight is 215 g/mol. The van der Waals surface area contributed by atoms with Crippen LogP contribution in [0, 0.1) is 11.8 Å². The summed E-state index contributed by atoms with van der Waals surface area (Å²) in [6.45, 7) is 4.41. The Bertz CT molecular complexity index is 153. The Balaban J connectivity index is 1.52. The van der Waals surface area contributed by atoms with Crippen LogP contribution < -0.4 is 5.32 Å². The van der Waals surface area contributed by atoms with Crippen molar-refractivity contribution in [3.63, 3.8) is 0 Å². The minimum Gasteiger partial charge on any atom is -0.381 e. The van der Waals surface area contributed by atoms with E-state index in [-0.39, 0.29) is 0 Å². The predicted molar refractivity (Wildman–Crippen MR) is 61.8 cm³/mol. The zero-order chi connectivity index (χ0) is 9.64. The quantitative estimate of drug-likeness (QED) is 0.772. The highest BCUT2D eigenvalue weighted by molar-refractivity contribution is 7.99. The summed E-state index contributed by atoms with van der Waals surface area (Å²) >= 11 is 2.11. The van der Waals surface area contributed by atoms with E-state index < -0.39 is 0 Å². The molecule has 0 amide bonds. The smallest absolute Gasteiger partial charge is 0.0469 e. The third-order valence-electron chi connectivity index (χ3n) is 3.23. The van der Waals surface area contributed by atoms with Crippen LogP contribution in [-0.2, 0) is 4.74 Å². The molecule has 2 rings (SSSR count). The van der Waals surface area contributed by atoms with Crippen molar-refractivity contribution in [3.05, 3.63) is 0 Å². The van der Waals surface area contributed by atoms with Gasteiger partial charge in [-0.2, -0.15) is 11.8 Å². The fraction of sp³-hybridized carbons (Fsp3) is 1.00. The molecule has 0 aromatic carbocycles. The Labute approximate surface area is 91.2 Å². The van der Waals surface area contributed by atoms with Gasteiger partial charge in [-0.25, -0.2) is 0 Å². The molecule has 1 atom stereocenters. The van der Waals surface area contributed by atoms with Gasteiger partial charge in [0.2, 0.25) is 0 Å². The van der Waals surface area contributed by atoms with E-state index in [2.05, 4.69) is 17.1 Å². The summed E-state index contributed by atoms with van der Waals surface area (Å²) in [5.74, 6) is 4.57. The van der Waals surface area contributed by atoms with Crippen LogP contribution in [0.25, 0.3) is 0 Å². The van der Waals surface area contributed by atoms with Gasteiger partial charge >= 0.3 is 0 Å². The SMILES string of the molecule is C1CC(CNCC2CCSC2)CCO1. The highest BCUT2D eigenvalue weighted by atomic mass is 32.2. The van der Waals surface area contributed by atoms with Crippen molar-refractivity contribution < 1.29 is 4.74 Å². The van der Waals surface area contributed by atoms with Gasteiger partial charge in [0, 0.05) is 13.2 Å². The molecule has 1 unspecified atom stereocenters. The molecule has 0 aromatic rings. The Hall–Kier alpha value is 0.270. The zero-order valence-electron chi connectivity index (χ0n) is 8.84. The standard InChI is InChI=1S/C11H21NOS/c1-4-13-5-2-10(1)7-12-8-11-3-6-14-9-11/h10-12H,1-9H2. The van der Waals surface area contributed by atoms with E-state index in [9.17, 15) is 0 Å². The molecule has 2 aliphatic heterocycles. The topological polar surface area (TPSA) is 21.3 Å². The average Bonchev–Trinajstić information content (AvgIpc) is 2.72. The third-order valence-corrected chi connectivity index (χ3v) is 4.46. The van der Waals surface area contributed by atoms with Crippen LogP contribution in [0.5, 0.6) is 0 Å². The lowest BCUT2D eigenvalue weighted by atomic mass is 10.00. The van der Waals surface area contributed by atoms with E-state index in [1.54, 1.807) is 0 Å². The van der Waals surface area contributed by atoms with E-state index in [0.717, 1.165) is 25.0 Å². The van der Waals surface area contributed by atoms with Crippen LogP contribution in [-0.4, -0.2) is 37.8 Å². The summed E-state index contributed by atoms with van der Waals surface area (Å²) in [7, 11) is 0. The second-order valence-corrected chi connectivity index (χ2v) is 5.59. The first-order valence-electron chi connectivity index (χ1n) is 5.81. The Morgan fingerprint density at radius 3 is 2.57 bits per heavy atom. The molecule has 2 nitrogen and oxygen atoms in total. The minimum atomic E-state index is 0.873. The minimum absolute atomic E-state index is 0.873. The predicted octanol–water partition coefficient (Wildman–Crippen LogP) is 1.76. The van der Waals surface area contributed by atoms with Gasteiger partial charge < -0.3 is 10.1 Å². The molecule has 82 valence electrons. The van der Waals surface area contributed by atoms with Gasteiger partial charge in [0.05, 0.1) is 0 Å². The first-order valence-corrected chi connectivity index (χ1v) is 6.97. The molecule has 0 bridgehead atoms. The van der Waals surface area contributed by atoms with Gasteiger partial charge in [-0.1, -0.05) is 0 Å². The van der Waals surface area contributed by atoms with Gasteiger partial charge in [0.25, 0.3) is 0 Å². The van der Waals surface area contributed by atoms with Gasteiger partial charge in [0.15, 0.2) is 0 Å². The van der Waals surface area contributed by atoms with Gasteiger partial charge in [-0.15, -0.1) is 0 Å². The summed E-state index contributed by atoms with van der Waals surface area (Å²) in [6, 6.07) is 0. The number of hydrogen-bond donors (Lipinski definition) is 1. The van der Waals surface area contributed by atoms with Crippen LogP contribution >= 0.6 is 11.8 Å². The van der Waals surface area contributed by atoms with Gasteiger partial charge in [0.1, 0.15) is 0 Å². The number of hydrogen-bond acceptors (Lipinski definition) is 3. The molecule has 3 heteroatoms. The highest BCUT2D eigenvalue weighted by Crippen LogP contribution is 2.22. The van der Waals surface area contributed by atoms with Crippen LogP contribution in [0.3, 0.4) is 0 Å². The van der Waals surface area contributed by atoms with E-state index in [4.69, 9.17) is 4.74 Å². The second kappa shape index (κ2) is 5.99. The molecule has 0 aromatic heterocycles. The summed E-state index contributed by atoms with van der Waals surface area (Å²) in [5.41, 5.74) is 0. The third kappa shape index (κ3) is 3.44. The maximum Gasteiger partial charge on any atom is 0.0469 e. The second-order valence-electron chi connectivity index (χ2n) is 4.44. The molecule has 0 aliphatic carbocycles. The number of thioether (sulfide) groups is 1. The van der Waals surface area contributed by atoms with Crippen molar-refractivity contribution in [1.82, 2.24) is 5.32 Å². The lowest BCUT2D eigenvalue weighted by Gasteiger charge is -2.22. The van der Waals surface area contributed by atoms with Crippen LogP contribution in [0.1, 0.15) is 19.3 Å². The molecule has 2 heterocycles. The zero-order valence-corrected chi connectivity index (χ0v) is 9.65. The Kier molecular flexibility index (Phi) is 4.61. The highest BCUT2D eigenvalue weighted by Gasteiger charge is 2.17. The van der Waals surface area contributed by atoms with Crippen molar-refractivity contribution in [2.45, 2.75) is 19.3 Å². The lowest BCUT2D eigenvalue weighted by Crippen LogP contribution is -2.31. The fourth-order valence-electron chi connectivity index (χ4n) is 2.19. The molecule has 2 fully saturated rings. The molecule has 0 radical (unpaired) electrons. The first kappa shape index (κ1) is 10.8.